The highest BCUT2D eigenvalue weighted by Gasteiger charge is 2.36. The summed E-state index contributed by atoms with van der Waals surface area (Å²) in [7, 11) is 0. The van der Waals surface area contributed by atoms with Crippen molar-refractivity contribution in [3.8, 4) is 5.75 Å². The molecule has 5 amide bonds. The zero-order chi connectivity index (χ0) is 22.4. The lowest BCUT2D eigenvalue weighted by Crippen LogP contribution is -2.58. The van der Waals surface area contributed by atoms with Crippen LogP contribution < -0.4 is 15.8 Å². The standard InChI is InChI=1S/C22H24N4O5/c1-2-25-12-13-26(21(29)20(25)28)22(30)24-18(19(23)27)16-8-10-17(11-9-16)31-14-15-6-4-3-5-7-15/h3-11,18H,2,12-14H2,1H3,(H2,23,27)(H,24,30). The second-order valence-electron chi connectivity index (χ2n) is 6.97. The lowest BCUT2D eigenvalue weighted by molar-refractivity contribution is -0.153. The summed E-state index contributed by atoms with van der Waals surface area (Å²) < 4.78 is 5.71. The highest BCUT2D eigenvalue weighted by molar-refractivity contribution is 6.38. The fourth-order valence-electron chi connectivity index (χ4n) is 3.19. The van der Waals surface area contributed by atoms with E-state index in [2.05, 4.69) is 5.32 Å². The number of carbonyl (C=O) groups is 4. The van der Waals surface area contributed by atoms with Crippen molar-refractivity contribution < 1.29 is 23.9 Å². The first-order valence-electron chi connectivity index (χ1n) is 9.88. The molecule has 0 bridgehead atoms. The molecule has 1 saturated heterocycles. The molecule has 31 heavy (non-hydrogen) atoms. The Morgan fingerprint density at radius 2 is 1.71 bits per heavy atom. The first-order valence-corrected chi connectivity index (χ1v) is 9.88. The molecule has 1 heterocycles. The smallest absolute Gasteiger partial charge is 0.325 e. The number of hydrogen-bond donors (Lipinski definition) is 2. The van der Waals surface area contributed by atoms with Gasteiger partial charge in [-0.25, -0.2) is 4.79 Å². The molecule has 0 saturated carbocycles. The Labute approximate surface area is 179 Å². The minimum absolute atomic E-state index is 0.0436. The van der Waals surface area contributed by atoms with Gasteiger partial charge in [0.1, 0.15) is 18.4 Å². The fraction of sp³-hybridized carbons (Fsp3) is 0.273. The van der Waals surface area contributed by atoms with E-state index >= 15 is 0 Å². The number of carbonyl (C=O) groups excluding carboxylic acids is 4. The number of rotatable bonds is 7. The van der Waals surface area contributed by atoms with Crippen molar-refractivity contribution in [3.05, 3.63) is 65.7 Å². The van der Waals surface area contributed by atoms with Gasteiger partial charge in [0.15, 0.2) is 0 Å². The number of nitrogens with one attached hydrogen (secondary N) is 1. The van der Waals surface area contributed by atoms with Crippen molar-refractivity contribution >= 4 is 23.8 Å². The molecule has 0 aromatic heterocycles. The van der Waals surface area contributed by atoms with E-state index in [9.17, 15) is 19.2 Å². The van der Waals surface area contributed by atoms with Crippen molar-refractivity contribution in [2.24, 2.45) is 5.73 Å². The maximum atomic E-state index is 12.6. The molecule has 1 aliphatic heterocycles. The lowest BCUT2D eigenvalue weighted by Gasteiger charge is -2.32. The van der Waals surface area contributed by atoms with Crippen LogP contribution >= 0.6 is 0 Å². The van der Waals surface area contributed by atoms with Crippen molar-refractivity contribution in [1.82, 2.24) is 15.1 Å². The molecular weight excluding hydrogens is 400 g/mol. The second kappa shape index (κ2) is 9.75. The van der Waals surface area contributed by atoms with E-state index in [0.717, 1.165) is 10.5 Å². The molecule has 9 heteroatoms. The molecule has 3 rings (SSSR count). The summed E-state index contributed by atoms with van der Waals surface area (Å²) in [5, 5.41) is 2.44. The Morgan fingerprint density at radius 1 is 1.03 bits per heavy atom. The summed E-state index contributed by atoms with van der Waals surface area (Å²) in [6.45, 7) is 2.79. The van der Waals surface area contributed by atoms with Gasteiger partial charge in [-0.05, 0) is 30.2 Å². The Morgan fingerprint density at radius 3 is 2.32 bits per heavy atom. The highest BCUT2D eigenvalue weighted by atomic mass is 16.5. The SMILES string of the molecule is CCN1CCN(C(=O)NC(C(N)=O)c2ccc(OCc3ccccc3)cc2)C(=O)C1=O. The van der Waals surface area contributed by atoms with Crippen molar-refractivity contribution in [1.29, 1.82) is 0 Å². The van der Waals surface area contributed by atoms with Gasteiger partial charge in [-0.3, -0.25) is 19.3 Å². The number of amides is 5. The highest BCUT2D eigenvalue weighted by Crippen LogP contribution is 2.19. The van der Waals surface area contributed by atoms with Crippen molar-refractivity contribution in [3.63, 3.8) is 0 Å². The van der Waals surface area contributed by atoms with Crippen LogP contribution in [0.15, 0.2) is 54.6 Å². The van der Waals surface area contributed by atoms with Gasteiger partial charge in [0, 0.05) is 19.6 Å². The second-order valence-corrected chi connectivity index (χ2v) is 6.97. The monoisotopic (exact) mass is 424 g/mol. The Bertz CT molecular complexity index is 962. The average molecular weight is 424 g/mol. The molecule has 0 radical (unpaired) electrons. The molecule has 2 aromatic carbocycles. The molecule has 2 aromatic rings. The maximum absolute atomic E-state index is 12.6. The van der Waals surface area contributed by atoms with Crippen LogP contribution in [-0.4, -0.2) is 53.2 Å². The Kier molecular flexibility index (Phi) is 6.86. The third-order valence-corrected chi connectivity index (χ3v) is 4.95. The van der Waals surface area contributed by atoms with Gasteiger partial charge in [-0.15, -0.1) is 0 Å². The van der Waals surface area contributed by atoms with E-state index in [0.29, 0.717) is 24.5 Å². The number of hydrogen-bond acceptors (Lipinski definition) is 5. The molecule has 1 unspecified atom stereocenters. The molecule has 1 aliphatic rings. The quantitative estimate of drug-likeness (QED) is 0.647. The third-order valence-electron chi connectivity index (χ3n) is 4.95. The summed E-state index contributed by atoms with van der Waals surface area (Å²) in [5.74, 6) is -1.89. The molecule has 0 spiro atoms. The van der Waals surface area contributed by atoms with Gasteiger partial charge >= 0.3 is 17.8 Å². The number of nitrogens with zero attached hydrogens (tertiary/aromatic N) is 2. The van der Waals surface area contributed by atoms with Gasteiger partial charge in [0.05, 0.1) is 0 Å². The molecule has 3 N–H and O–H groups in total. The number of ether oxygens (including phenoxy) is 1. The maximum Gasteiger partial charge on any atom is 0.325 e. The molecule has 0 aliphatic carbocycles. The van der Waals surface area contributed by atoms with E-state index in [4.69, 9.17) is 10.5 Å². The van der Waals surface area contributed by atoms with Crippen LogP contribution in [0.3, 0.4) is 0 Å². The van der Waals surface area contributed by atoms with Gasteiger partial charge in [0.25, 0.3) is 0 Å². The summed E-state index contributed by atoms with van der Waals surface area (Å²) in [5.41, 5.74) is 6.90. The van der Waals surface area contributed by atoms with E-state index in [1.165, 1.54) is 4.90 Å². The Balaban J connectivity index is 1.65. The van der Waals surface area contributed by atoms with Crippen molar-refractivity contribution in [2.75, 3.05) is 19.6 Å². The van der Waals surface area contributed by atoms with E-state index in [1.54, 1.807) is 31.2 Å². The summed E-state index contributed by atoms with van der Waals surface area (Å²) in [6.07, 6.45) is 0. The number of nitrogens with two attached hydrogens (primary N) is 1. The summed E-state index contributed by atoms with van der Waals surface area (Å²) in [4.78, 5) is 50.9. The molecule has 1 fully saturated rings. The van der Waals surface area contributed by atoms with Crippen LogP contribution in [-0.2, 0) is 21.0 Å². The van der Waals surface area contributed by atoms with Gasteiger partial charge < -0.3 is 20.7 Å². The molecule has 9 nitrogen and oxygen atoms in total. The predicted molar refractivity (Wildman–Crippen MR) is 112 cm³/mol. The topological polar surface area (TPSA) is 122 Å². The van der Waals surface area contributed by atoms with Gasteiger partial charge in [-0.1, -0.05) is 42.5 Å². The molecular formula is C22H24N4O5. The van der Waals surface area contributed by atoms with Crippen LogP contribution in [0.5, 0.6) is 5.75 Å². The summed E-state index contributed by atoms with van der Waals surface area (Å²) in [6, 6.07) is 14.2. The average Bonchev–Trinajstić information content (AvgIpc) is 2.78. The van der Waals surface area contributed by atoms with Crippen LogP contribution in [0.1, 0.15) is 24.1 Å². The zero-order valence-electron chi connectivity index (χ0n) is 17.1. The van der Waals surface area contributed by atoms with E-state index < -0.39 is 29.8 Å². The fourth-order valence-corrected chi connectivity index (χ4v) is 3.19. The minimum Gasteiger partial charge on any atom is -0.489 e. The Hall–Kier alpha value is -3.88. The summed E-state index contributed by atoms with van der Waals surface area (Å²) >= 11 is 0. The number of primary amides is 1. The first kappa shape index (κ1) is 21.8. The number of likely N-dealkylation sites (N-methyl/N-ethyl adjacent to an activating group) is 1. The normalized spacial score (nSPS) is 14.9. The van der Waals surface area contributed by atoms with Crippen LogP contribution in [0, 0.1) is 0 Å². The molecule has 1 atom stereocenters. The number of piperazine rings is 1. The minimum atomic E-state index is -1.16. The van der Waals surface area contributed by atoms with Crippen molar-refractivity contribution in [2.45, 2.75) is 19.6 Å². The molecule has 162 valence electrons. The van der Waals surface area contributed by atoms with E-state index in [-0.39, 0.29) is 13.1 Å². The first-order chi connectivity index (χ1) is 14.9. The van der Waals surface area contributed by atoms with Crippen LogP contribution in [0.25, 0.3) is 0 Å². The number of benzene rings is 2. The number of imide groups is 1. The lowest BCUT2D eigenvalue weighted by atomic mass is 10.1. The van der Waals surface area contributed by atoms with Gasteiger partial charge in [0.2, 0.25) is 5.91 Å². The van der Waals surface area contributed by atoms with Gasteiger partial charge in [-0.2, -0.15) is 0 Å². The zero-order valence-corrected chi connectivity index (χ0v) is 17.1. The van der Waals surface area contributed by atoms with Crippen LogP contribution in [0.2, 0.25) is 0 Å². The van der Waals surface area contributed by atoms with Crippen LogP contribution in [0.4, 0.5) is 4.79 Å². The predicted octanol–water partition coefficient (Wildman–Crippen LogP) is 1.19. The largest absolute Gasteiger partial charge is 0.489 e. The third kappa shape index (κ3) is 5.19. The number of urea groups is 1. The van der Waals surface area contributed by atoms with E-state index in [1.807, 2.05) is 30.3 Å².